The summed E-state index contributed by atoms with van der Waals surface area (Å²) in [5.41, 5.74) is 2.71. The fraction of sp³-hybridized carbons (Fsp3) is 0.462. The van der Waals surface area contributed by atoms with Crippen LogP contribution in [0.25, 0.3) is 10.2 Å². The van der Waals surface area contributed by atoms with Gasteiger partial charge in [0.2, 0.25) is 10.0 Å². The zero-order chi connectivity index (χ0) is 24.9. The first-order valence-corrected chi connectivity index (χ1v) is 14.3. The third-order valence-corrected chi connectivity index (χ3v) is 8.66. The molecule has 3 aromatic rings. The average Bonchev–Trinajstić information content (AvgIpc) is 3.15. The molecule has 1 heterocycles. The minimum atomic E-state index is -3.58. The molecular formula is C26H35N3O3S2. The molecule has 1 amide bonds. The van der Waals surface area contributed by atoms with Crippen molar-refractivity contribution in [3.8, 4) is 0 Å². The van der Waals surface area contributed by atoms with E-state index in [-0.39, 0.29) is 10.8 Å². The molecule has 0 radical (unpaired) electrons. The zero-order valence-electron chi connectivity index (χ0n) is 20.7. The van der Waals surface area contributed by atoms with Crippen LogP contribution in [0.3, 0.4) is 0 Å². The summed E-state index contributed by atoms with van der Waals surface area (Å²) in [4.78, 5) is 18.3. The van der Waals surface area contributed by atoms with Gasteiger partial charge in [0.1, 0.15) is 0 Å². The number of carbonyl (C=O) groups is 1. The van der Waals surface area contributed by atoms with Crippen LogP contribution >= 0.6 is 11.3 Å². The Labute approximate surface area is 207 Å². The molecule has 0 saturated carbocycles. The van der Waals surface area contributed by atoms with Gasteiger partial charge in [-0.05, 0) is 67.1 Å². The Balaban J connectivity index is 1.96. The van der Waals surface area contributed by atoms with Crippen LogP contribution in [-0.2, 0) is 16.6 Å². The molecule has 0 N–H and O–H groups in total. The molecule has 0 bridgehead atoms. The Morgan fingerprint density at radius 3 is 2.21 bits per heavy atom. The smallest absolute Gasteiger partial charge is 0.279 e. The second kappa shape index (κ2) is 11.4. The standard InChI is InChI=1S/C26H35N3O3S2/c1-6-15-28(16-7-2)34(31,32)22-12-9-20(10-13-22)25(30)27-26-29(17-8-3)23-14-11-21(19(4)5)18-24(23)33-26/h9-14,18-19H,6-8,15-17H2,1-5H3. The molecule has 0 fully saturated rings. The summed E-state index contributed by atoms with van der Waals surface area (Å²) in [6, 6.07) is 12.6. The Kier molecular flexibility index (Phi) is 8.84. The Morgan fingerprint density at radius 2 is 1.65 bits per heavy atom. The number of amides is 1. The van der Waals surface area contributed by atoms with E-state index in [1.807, 2.05) is 13.8 Å². The van der Waals surface area contributed by atoms with Crippen LogP contribution in [-0.4, -0.2) is 36.3 Å². The van der Waals surface area contributed by atoms with E-state index in [1.165, 1.54) is 33.3 Å². The fourth-order valence-electron chi connectivity index (χ4n) is 3.89. The second-order valence-corrected chi connectivity index (χ2v) is 11.7. The number of fused-ring (bicyclic) bond motifs is 1. The van der Waals surface area contributed by atoms with Gasteiger partial charge >= 0.3 is 0 Å². The van der Waals surface area contributed by atoms with Crippen molar-refractivity contribution in [1.29, 1.82) is 0 Å². The molecule has 0 unspecified atom stereocenters. The van der Waals surface area contributed by atoms with Crippen molar-refractivity contribution in [2.24, 2.45) is 4.99 Å². The summed E-state index contributed by atoms with van der Waals surface area (Å²) in [5.74, 6) is 0.0527. The number of aromatic nitrogens is 1. The Hall–Kier alpha value is -2.29. The summed E-state index contributed by atoms with van der Waals surface area (Å²) in [5, 5.41) is 0. The number of sulfonamides is 1. The summed E-state index contributed by atoms with van der Waals surface area (Å²) in [6.07, 6.45) is 2.43. The van der Waals surface area contributed by atoms with E-state index in [0.717, 1.165) is 36.0 Å². The summed E-state index contributed by atoms with van der Waals surface area (Å²) < 4.78 is 30.7. The van der Waals surface area contributed by atoms with Crippen molar-refractivity contribution in [2.75, 3.05) is 13.1 Å². The molecule has 0 spiro atoms. The molecule has 0 aliphatic heterocycles. The highest BCUT2D eigenvalue weighted by atomic mass is 32.2. The maximum absolute atomic E-state index is 13.0. The van der Waals surface area contributed by atoms with Crippen LogP contribution in [0.1, 0.15) is 75.7 Å². The summed E-state index contributed by atoms with van der Waals surface area (Å²) in [7, 11) is -3.58. The largest absolute Gasteiger partial charge is 0.316 e. The van der Waals surface area contributed by atoms with Gasteiger partial charge in [0.15, 0.2) is 4.80 Å². The number of aryl methyl sites for hydroxylation is 1. The van der Waals surface area contributed by atoms with Gasteiger partial charge < -0.3 is 4.57 Å². The third kappa shape index (κ3) is 5.67. The molecule has 0 aliphatic rings. The molecule has 2 aromatic carbocycles. The minimum absolute atomic E-state index is 0.204. The molecule has 0 atom stereocenters. The lowest BCUT2D eigenvalue weighted by Gasteiger charge is -2.21. The highest BCUT2D eigenvalue weighted by Crippen LogP contribution is 2.24. The first-order chi connectivity index (χ1) is 16.2. The highest BCUT2D eigenvalue weighted by Gasteiger charge is 2.23. The van der Waals surface area contributed by atoms with Crippen molar-refractivity contribution >= 4 is 37.5 Å². The SMILES string of the molecule is CCCN(CCC)S(=O)(=O)c1ccc(C(=O)N=c2sc3cc(C(C)C)ccc3n2CCC)cc1. The Bertz CT molecular complexity index is 1300. The predicted molar refractivity (Wildman–Crippen MR) is 140 cm³/mol. The lowest BCUT2D eigenvalue weighted by molar-refractivity contribution is 0.0997. The van der Waals surface area contributed by atoms with Crippen molar-refractivity contribution in [2.45, 2.75) is 71.2 Å². The lowest BCUT2D eigenvalue weighted by Crippen LogP contribution is -2.32. The van der Waals surface area contributed by atoms with E-state index in [9.17, 15) is 13.2 Å². The predicted octanol–water partition coefficient (Wildman–Crippen LogP) is 5.79. The minimum Gasteiger partial charge on any atom is -0.316 e. The first-order valence-electron chi connectivity index (χ1n) is 12.0. The number of carbonyl (C=O) groups excluding carboxylic acids is 1. The number of hydrogen-bond donors (Lipinski definition) is 0. The van der Waals surface area contributed by atoms with Gasteiger partial charge in [-0.15, -0.1) is 0 Å². The molecule has 0 saturated heterocycles. The second-order valence-electron chi connectivity index (χ2n) is 8.76. The van der Waals surface area contributed by atoms with Crippen LogP contribution in [0.5, 0.6) is 0 Å². The maximum atomic E-state index is 13.0. The monoisotopic (exact) mass is 501 g/mol. The average molecular weight is 502 g/mol. The van der Waals surface area contributed by atoms with Crippen molar-refractivity contribution in [3.63, 3.8) is 0 Å². The van der Waals surface area contributed by atoms with Gasteiger partial charge in [0, 0.05) is 25.2 Å². The van der Waals surface area contributed by atoms with Gasteiger partial charge in [-0.25, -0.2) is 8.42 Å². The van der Waals surface area contributed by atoms with Crippen molar-refractivity contribution < 1.29 is 13.2 Å². The normalized spacial score (nSPS) is 12.9. The van der Waals surface area contributed by atoms with Crippen LogP contribution < -0.4 is 4.80 Å². The molecule has 6 nitrogen and oxygen atoms in total. The highest BCUT2D eigenvalue weighted by molar-refractivity contribution is 7.89. The van der Waals surface area contributed by atoms with Crippen LogP contribution in [0.4, 0.5) is 0 Å². The van der Waals surface area contributed by atoms with Crippen LogP contribution in [0.15, 0.2) is 52.4 Å². The third-order valence-electron chi connectivity index (χ3n) is 5.70. The van der Waals surface area contributed by atoms with E-state index in [4.69, 9.17) is 0 Å². The van der Waals surface area contributed by atoms with E-state index >= 15 is 0 Å². The van der Waals surface area contributed by atoms with E-state index in [2.05, 4.69) is 48.5 Å². The van der Waals surface area contributed by atoms with Gasteiger partial charge in [-0.1, -0.05) is 52.0 Å². The molecule has 34 heavy (non-hydrogen) atoms. The maximum Gasteiger partial charge on any atom is 0.279 e. The molecule has 1 aromatic heterocycles. The number of rotatable bonds is 10. The quantitative estimate of drug-likeness (QED) is 0.353. The number of nitrogens with zero attached hydrogens (tertiary/aromatic N) is 3. The lowest BCUT2D eigenvalue weighted by atomic mass is 10.0. The van der Waals surface area contributed by atoms with Crippen LogP contribution in [0.2, 0.25) is 0 Å². The number of thiazole rings is 1. The fourth-order valence-corrected chi connectivity index (χ4v) is 6.62. The topological polar surface area (TPSA) is 71.7 Å². The molecule has 8 heteroatoms. The molecule has 0 aliphatic carbocycles. The van der Waals surface area contributed by atoms with E-state index < -0.39 is 10.0 Å². The number of hydrogen-bond acceptors (Lipinski definition) is 4. The van der Waals surface area contributed by atoms with Crippen molar-refractivity contribution in [1.82, 2.24) is 8.87 Å². The zero-order valence-corrected chi connectivity index (χ0v) is 22.4. The molecule has 3 rings (SSSR count). The summed E-state index contributed by atoms with van der Waals surface area (Å²) in [6.45, 7) is 12.1. The summed E-state index contributed by atoms with van der Waals surface area (Å²) >= 11 is 1.51. The van der Waals surface area contributed by atoms with Gasteiger partial charge in [0.25, 0.3) is 5.91 Å². The molecule has 184 valence electrons. The van der Waals surface area contributed by atoms with Gasteiger partial charge in [0.05, 0.1) is 15.1 Å². The van der Waals surface area contributed by atoms with E-state index in [1.54, 1.807) is 12.1 Å². The van der Waals surface area contributed by atoms with E-state index in [0.29, 0.717) is 29.4 Å². The van der Waals surface area contributed by atoms with Crippen molar-refractivity contribution in [3.05, 3.63) is 58.4 Å². The molecular weight excluding hydrogens is 466 g/mol. The number of benzene rings is 2. The van der Waals surface area contributed by atoms with Gasteiger partial charge in [-0.3, -0.25) is 4.79 Å². The van der Waals surface area contributed by atoms with Crippen LogP contribution in [0, 0.1) is 0 Å². The Morgan fingerprint density at radius 1 is 1.00 bits per heavy atom. The first kappa shape index (κ1) is 26.3. The van der Waals surface area contributed by atoms with Gasteiger partial charge in [-0.2, -0.15) is 9.30 Å².